The molecule has 0 spiro atoms. The smallest absolute Gasteiger partial charge is 0.410 e. The van der Waals surface area contributed by atoms with Crippen LogP contribution < -0.4 is 0 Å². The molecule has 0 aromatic carbocycles. The molecular weight excluding hydrogens is 302 g/mol. The number of piperidine rings is 1. The maximum absolute atomic E-state index is 12.1. The van der Waals surface area contributed by atoms with Crippen LogP contribution in [0, 0.1) is 5.41 Å². The first-order valence-corrected chi connectivity index (χ1v) is 7.78. The molecule has 0 bridgehead atoms. The van der Waals surface area contributed by atoms with Gasteiger partial charge in [-0.05, 0) is 33.6 Å². The minimum absolute atomic E-state index is 0.178. The highest BCUT2D eigenvalue weighted by Gasteiger charge is 2.39. The number of ether oxygens (including phenoxy) is 3. The lowest BCUT2D eigenvalue weighted by Gasteiger charge is -2.40. The van der Waals surface area contributed by atoms with E-state index in [0.29, 0.717) is 25.9 Å². The van der Waals surface area contributed by atoms with Gasteiger partial charge in [0.15, 0.2) is 0 Å². The molecule has 1 heterocycles. The molecule has 0 atom stereocenters. The lowest BCUT2D eigenvalue weighted by molar-refractivity contribution is -0.154. The fraction of sp³-hybridized carbons (Fsp3) is 0.812. The number of esters is 2. The highest BCUT2D eigenvalue weighted by Crippen LogP contribution is 2.33. The van der Waals surface area contributed by atoms with Crippen LogP contribution in [0.15, 0.2) is 0 Å². The lowest BCUT2D eigenvalue weighted by atomic mass is 9.80. The molecule has 0 aromatic rings. The van der Waals surface area contributed by atoms with Gasteiger partial charge >= 0.3 is 18.0 Å². The van der Waals surface area contributed by atoms with Crippen molar-refractivity contribution in [1.82, 2.24) is 4.90 Å². The van der Waals surface area contributed by atoms with Crippen LogP contribution in [0.5, 0.6) is 0 Å². The summed E-state index contributed by atoms with van der Waals surface area (Å²) in [6.07, 6.45) is 0.797. The Morgan fingerprint density at radius 2 is 1.39 bits per heavy atom. The van der Waals surface area contributed by atoms with E-state index in [1.807, 2.05) is 20.8 Å². The zero-order chi connectivity index (χ0) is 17.7. The molecule has 1 aliphatic heterocycles. The first-order valence-electron chi connectivity index (χ1n) is 7.78. The van der Waals surface area contributed by atoms with Crippen LogP contribution in [0.4, 0.5) is 4.79 Å². The summed E-state index contributed by atoms with van der Waals surface area (Å²) in [6.45, 7) is 9.44. The molecule has 0 unspecified atom stereocenters. The van der Waals surface area contributed by atoms with Gasteiger partial charge in [-0.2, -0.15) is 0 Å². The van der Waals surface area contributed by atoms with Crippen molar-refractivity contribution in [2.75, 3.05) is 26.3 Å². The van der Waals surface area contributed by atoms with Gasteiger partial charge in [0.25, 0.3) is 0 Å². The fourth-order valence-electron chi connectivity index (χ4n) is 2.33. The van der Waals surface area contributed by atoms with Gasteiger partial charge in [0, 0.05) is 32.4 Å². The summed E-state index contributed by atoms with van der Waals surface area (Å²) < 4.78 is 15.6. The Balaban J connectivity index is 2.65. The van der Waals surface area contributed by atoms with Crippen LogP contribution in [0.2, 0.25) is 0 Å². The summed E-state index contributed by atoms with van der Waals surface area (Å²) in [5.74, 6) is -0.747. The van der Waals surface area contributed by atoms with Crippen molar-refractivity contribution >= 4 is 18.0 Å². The first-order chi connectivity index (χ1) is 10.5. The number of carbonyl (C=O) groups is 3. The molecular formula is C16H27NO6. The van der Waals surface area contributed by atoms with Crippen LogP contribution in [0.1, 0.15) is 47.5 Å². The van der Waals surface area contributed by atoms with Gasteiger partial charge in [0.2, 0.25) is 0 Å². The molecule has 0 aliphatic carbocycles. The van der Waals surface area contributed by atoms with Crippen LogP contribution in [-0.2, 0) is 23.8 Å². The standard InChI is InChI=1S/C16H27NO6/c1-12(18)21-10-16(11-22-13(2)19)6-8-17(9-7-16)14(20)23-15(3,4)5/h6-11H2,1-5H3. The number of hydrogen-bond donors (Lipinski definition) is 0. The third-order valence-corrected chi connectivity index (χ3v) is 3.64. The minimum Gasteiger partial charge on any atom is -0.465 e. The van der Waals surface area contributed by atoms with Crippen LogP contribution >= 0.6 is 0 Å². The average Bonchev–Trinajstić information content (AvgIpc) is 2.42. The van der Waals surface area contributed by atoms with Gasteiger partial charge in [-0.25, -0.2) is 4.79 Å². The molecule has 0 aromatic heterocycles. The maximum atomic E-state index is 12.1. The first kappa shape index (κ1) is 19.3. The molecule has 7 nitrogen and oxygen atoms in total. The second kappa shape index (κ2) is 7.66. The fourth-order valence-corrected chi connectivity index (χ4v) is 2.33. The summed E-state index contributed by atoms with van der Waals surface area (Å²) >= 11 is 0. The van der Waals surface area contributed by atoms with E-state index in [0.717, 1.165) is 0 Å². The summed E-state index contributed by atoms with van der Waals surface area (Å²) in [5.41, 5.74) is -0.989. The normalized spacial score (nSPS) is 17.3. The number of nitrogens with zero attached hydrogens (tertiary/aromatic N) is 1. The van der Waals surface area contributed by atoms with Crippen LogP contribution in [-0.4, -0.2) is 54.8 Å². The van der Waals surface area contributed by atoms with E-state index < -0.39 is 11.0 Å². The minimum atomic E-state index is -0.541. The van der Waals surface area contributed by atoms with Gasteiger partial charge in [-0.15, -0.1) is 0 Å². The molecule has 0 N–H and O–H groups in total. The van der Waals surface area contributed by atoms with E-state index >= 15 is 0 Å². The van der Waals surface area contributed by atoms with Crippen molar-refractivity contribution in [3.05, 3.63) is 0 Å². The monoisotopic (exact) mass is 329 g/mol. The molecule has 0 saturated carbocycles. The zero-order valence-corrected chi connectivity index (χ0v) is 14.6. The number of carbonyl (C=O) groups excluding carboxylic acids is 3. The van der Waals surface area contributed by atoms with Crippen molar-refractivity contribution in [3.8, 4) is 0 Å². The van der Waals surface area contributed by atoms with E-state index in [2.05, 4.69) is 0 Å². The number of rotatable bonds is 4. The number of amides is 1. The van der Waals surface area contributed by atoms with Gasteiger partial charge in [-0.1, -0.05) is 0 Å². The SMILES string of the molecule is CC(=O)OCC1(COC(C)=O)CCN(C(=O)OC(C)(C)C)CC1. The molecule has 132 valence electrons. The van der Waals surface area contributed by atoms with Crippen molar-refractivity contribution < 1.29 is 28.6 Å². The van der Waals surface area contributed by atoms with Crippen LogP contribution in [0.25, 0.3) is 0 Å². The molecule has 1 amide bonds. The summed E-state index contributed by atoms with van der Waals surface area (Å²) in [4.78, 5) is 35.9. The van der Waals surface area contributed by atoms with E-state index in [-0.39, 0.29) is 31.2 Å². The predicted octanol–water partition coefficient (Wildman–Crippen LogP) is 2.13. The maximum Gasteiger partial charge on any atom is 0.410 e. The van der Waals surface area contributed by atoms with Gasteiger partial charge in [0.1, 0.15) is 18.8 Å². The molecule has 1 aliphatic rings. The largest absolute Gasteiger partial charge is 0.465 e. The Kier molecular flexibility index (Phi) is 6.41. The van der Waals surface area contributed by atoms with Crippen molar-refractivity contribution in [2.45, 2.75) is 53.1 Å². The molecule has 1 rings (SSSR count). The zero-order valence-electron chi connectivity index (χ0n) is 14.6. The number of hydrogen-bond acceptors (Lipinski definition) is 6. The predicted molar refractivity (Wildman–Crippen MR) is 82.7 cm³/mol. The molecule has 1 saturated heterocycles. The second-order valence-electron chi connectivity index (χ2n) is 7.03. The van der Waals surface area contributed by atoms with Gasteiger partial charge in [0.05, 0.1) is 0 Å². The topological polar surface area (TPSA) is 82.1 Å². The van der Waals surface area contributed by atoms with E-state index in [9.17, 15) is 14.4 Å². The molecule has 0 radical (unpaired) electrons. The number of likely N-dealkylation sites (tertiary alicyclic amines) is 1. The Labute approximate surface area is 137 Å². The highest BCUT2D eigenvalue weighted by molar-refractivity contribution is 5.68. The average molecular weight is 329 g/mol. The van der Waals surface area contributed by atoms with Crippen molar-refractivity contribution in [2.24, 2.45) is 5.41 Å². The van der Waals surface area contributed by atoms with Gasteiger partial charge < -0.3 is 19.1 Å². The van der Waals surface area contributed by atoms with Crippen molar-refractivity contribution in [1.29, 1.82) is 0 Å². The Morgan fingerprint density at radius 1 is 0.957 bits per heavy atom. The summed E-state index contributed by atoms with van der Waals surface area (Å²) in [7, 11) is 0. The van der Waals surface area contributed by atoms with Gasteiger partial charge in [-0.3, -0.25) is 9.59 Å². The van der Waals surface area contributed by atoms with E-state index in [4.69, 9.17) is 14.2 Å². The summed E-state index contributed by atoms with van der Waals surface area (Å²) in [6, 6.07) is 0. The van der Waals surface area contributed by atoms with E-state index in [1.165, 1.54) is 13.8 Å². The molecule has 7 heteroatoms. The van der Waals surface area contributed by atoms with E-state index in [1.54, 1.807) is 4.90 Å². The molecule has 23 heavy (non-hydrogen) atoms. The second-order valence-corrected chi connectivity index (χ2v) is 7.03. The Hall–Kier alpha value is -1.79. The third kappa shape index (κ3) is 6.88. The van der Waals surface area contributed by atoms with Crippen molar-refractivity contribution in [3.63, 3.8) is 0 Å². The Bertz CT molecular complexity index is 426. The Morgan fingerprint density at radius 3 is 1.74 bits per heavy atom. The molecule has 1 fully saturated rings. The quantitative estimate of drug-likeness (QED) is 0.580. The third-order valence-electron chi connectivity index (χ3n) is 3.64. The highest BCUT2D eigenvalue weighted by atomic mass is 16.6. The lowest BCUT2D eigenvalue weighted by Crippen LogP contribution is -2.48. The summed E-state index contributed by atoms with van der Waals surface area (Å²) in [5, 5.41) is 0. The van der Waals surface area contributed by atoms with Crippen LogP contribution in [0.3, 0.4) is 0 Å².